The third kappa shape index (κ3) is 3.70. The van der Waals surface area contributed by atoms with E-state index in [2.05, 4.69) is 46.0 Å². The van der Waals surface area contributed by atoms with Crippen LogP contribution >= 0.6 is 15.9 Å². The Hall–Kier alpha value is -2.07. The standard InChI is InChI=1S/C20H20BrNO2/c1-13-11-14(2)20(17(21)12-13)24-10-9-23-18-6-4-5-16-8-7-15(3)22-19(16)18/h4-8,11-12H,9-10H2,1-3H3. The lowest BCUT2D eigenvalue weighted by Gasteiger charge is -2.13. The monoisotopic (exact) mass is 385 g/mol. The molecule has 0 radical (unpaired) electrons. The van der Waals surface area contributed by atoms with Crippen LogP contribution in [0.4, 0.5) is 0 Å². The van der Waals surface area contributed by atoms with Crippen molar-refractivity contribution in [1.29, 1.82) is 0 Å². The molecule has 0 N–H and O–H groups in total. The van der Waals surface area contributed by atoms with Gasteiger partial charge < -0.3 is 9.47 Å². The minimum absolute atomic E-state index is 0.467. The van der Waals surface area contributed by atoms with E-state index < -0.39 is 0 Å². The van der Waals surface area contributed by atoms with Gasteiger partial charge in [0.1, 0.15) is 30.2 Å². The Morgan fingerprint density at radius 3 is 2.54 bits per heavy atom. The molecule has 1 aromatic heterocycles. The van der Waals surface area contributed by atoms with Crippen molar-refractivity contribution in [2.75, 3.05) is 13.2 Å². The molecule has 0 fully saturated rings. The fraction of sp³-hybridized carbons (Fsp3) is 0.250. The van der Waals surface area contributed by atoms with Gasteiger partial charge in [0.05, 0.1) is 4.47 Å². The molecule has 124 valence electrons. The SMILES string of the molecule is Cc1cc(C)c(OCCOc2cccc3ccc(C)nc23)c(Br)c1. The highest BCUT2D eigenvalue weighted by molar-refractivity contribution is 9.10. The summed E-state index contributed by atoms with van der Waals surface area (Å²) in [4.78, 5) is 4.58. The summed E-state index contributed by atoms with van der Waals surface area (Å²) in [6.45, 7) is 7.04. The van der Waals surface area contributed by atoms with Crippen LogP contribution in [0.2, 0.25) is 0 Å². The van der Waals surface area contributed by atoms with E-state index in [9.17, 15) is 0 Å². The van der Waals surface area contributed by atoms with Crippen molar-refractivity contribution in [3.05, 3.63) is 63.8 Å². The van der Waals surface area contributed by atoms with Crippen LogP contribution in [0.25, 0.3) is 10.9 Å². The normalized spacial score (nSPS) is 10.8. The van der Waals surface area contributed by atoms with Crippen LogP contribution in [0.15, 0.2) is 46.9 Å². The zero-order chi connectivity index (χ0) is 17.1. The summed E-state index contributed by atoms with van der Waals surface area (Å²) in [7, 11) is 0. The molecule has 0 amide bonds. The summed E-state index contributed by atoms with van der Waals surface area (Å²) in [5.41, 5.74) is 4.20. The number of hydrogen-bond donors (Lipinski definition) is 0. The third-order valence-electron chi connectivity index (χ3n) is 3.78. The average Bonchev–Trinajstić information content (AvgIpc) is 2.53. The Morgan fingerprint density at radius 2 is 1.75 bits per heavy atom. The Kier molecular flexibility index (Phi) is 5.05. The molecule has 0 spiro atoms. The fourth-order valence-corrected chi connectivity index (χ4v) is 3.50. The second-order valence-corrected chi connectivity index (χ2v) is 6.72. The van der Waals surface area contributed by atoms with Crippen LogP contribution in [0.1, 0.15) is 16.8 Å². The van der Waals surface area contributed by atoms with Gasteiger partial charge in [0.2, 0.25) is 0 Å². The second-order valence-electron chi connectivity index (χ2n) is 5.87. The maximum atomic E-state index is 5.90. The molecule has 0 aliphatic heterocycles. The first-order chi connectivity index (χ1) is 11.5. The van der Waals surface area contributed by atoms with E-state index in [4.69, 9.17) is 9.47 Å². The lowest BCUT2D eigenvalue weighted by Crippen LogP contribution is -2.10. The van der Waals surface area contributed by atoms with Gasteiger partial charge in [-0.2, -0.15) is 0 Å². The average molecular weight is 386 g/mol. The van der Waals surface area contributed by atoms with E-state index in [-0.39, 0.29) is 0 Å². The van der Waals surface area contributed by atoms with Crippen molar-refractivity contribution in [3.8, 4) is 11.5 Å². The Bertz CT molecular complexity index is 854. The molecule has 2 aromatic carbocycles. The minimum Gasteiger partial charge on any atom is -0.489 e. The van der Waals surface area contributed by atoms with Gasteiger partial charge in [0.25, 0.3) is 0 Å². The Labute approximate surface area is 150 Å². The molecule has 0 unspecified atom stereocenters. The molecule has 0 saturated carbocycles. The largest absolute Gasteiger partial charge is 0.489 e. The smallest absolute Gasteiger partial charge is 0.145 e. The highest BCUT2D eigenvalue weighted by Crippen LogP contribution is 2.30. The fourth-order valence-electron chi connectivity index (χ4n) is 2.71. The van der Waals surface area contributed by atoms with E-state index in [1.165, 1.54) is 5.56 Å². The van der Waals surface area contributed by atoms with Crippen LogP contribution in [0.3, 0.4) is 0 Å². The summed E-state index contributed by atoms with van der Waals surface area (Å²) in [6.07, 6.45) is 0. The maximum Gasteiger partial charge on any atom is 0.145 e. The number of halogens is 1. The van der Waals surface area contributed by atoms with Crippen LogP contribution in [-0.4, -0.2) is 18.2 Å². The molecule has 0 atom stereocenters. The van der Waals surface area contributed by atoms with Crippen molar-refractivity contribution in [1.82, 2.24) is 4.98 Å². The molecule has 4 heteroatoms. The number of pyridine rings is 1. The van der Waals surface area contributed by atoms with Crippen molar-refractivity contribution < 1.29 is 9.47 Å². The molecule has 1 heterocycles. The molecule has 0 saturated heterocycles. The number of nitrogens with zero attached hydrogens (tertiary/aromatic N) is 1. The van der Waals surface area contributed by atoms with Gasteiger partial charge in [-0.25, -0.2) is 4.98 Å². The van der Waals surface area contributed by atoms with Gasteiger partial charge in [-0.05, 0) is 66.0 Å². The van der Waals surface area contributed by atoms with E-state index >= 15 is 0 Å². The van der Waals surface area contributed by atoms with Gasteiger partial charge in [-0.3, -0.25) is 0 Å². The quantitative estimate of drug-likeness (QED) is 0.552. The minimum atomic E-state index is 0.467. The highest BCUT2D eigenvalue weighted by atomic mass is 79.9. The zero-order valence-corrected chi connectivity index (χ0v) is 15.7. The van der Waals surface area contributed by atoms with Crippen LogP contribution in [0, 0.1) is 20.8 Å². The summed E-state index contributed by atoms with van der Waals surface area (Å²) in [5, 5.41) is 1.08. The predicted molar refractivity (Wildman–Crippen MR) is 101 cm³/mol. The molecule has 3 nitrogen and oxygen atoms in total. The lowest BCUT2D eigenvalue weighted by molar-refractivity contribution is 0.217. The molecule has 3 rings (SSSR count). The number of benzene rings is 2. The Balaban J connectivity index is 1.67. The van der Waals surface area contributed by atoms with Gasteiger partial charge in [0, 0.05) is 11.1 Å². The molecule has 24 heavy (non-hydrogen) atoms. The number of para-hydroxylation sites is 1. The van der Waals surface area contributed by atoms with Gasteiger partial charge in [0.15, 0.2) is 0 Å². The van der Waals surface area contributed by atoms with Crippen LogP contribution < -0.4 is 9.47 Å². The van der Waals surface area contributed by atoms with Gasteiger partial charge in [-0.1, -0.05) is 24.3 Å². The number of fused-ring (bicyclic) bond motifs is 1. The summed E-state index contributed by atoms with van der Waals surface area (Å²) in [5.74, 6) is 1.66. The van der Waals surface area contributed by atoms with Gasteiger partial charge >= 0.3 is 0 Å². The molecule has 3 aromatic rings. The number of rotatable bonds is 5. The van der Waals surface area contributed by atoms with E-state index in [1.54, 1.807) is 0 Å². The van der Waals surface area contributed by atoms with E-state index in [0.717, 1.165) is 38.1 Å². The number of ether oxygens (including phenoxy) is 2. The maximum absolute atomic E-state index is 5.90. The van der Waals surface area contributed by atoms with Gasteiger partial charge in [-0.15, -0.1) is 0 Å². The molecule has 0 bridgehead atoms. The first-order valence-electron chi connectivity index (χ1n) is 7.93. The third-order valence-corrected chi connectivity index (χ3v) is 4.37. The summed E-state index contributed by atoms with van der Waals surface area (Å²) >= 11 is 3.56. The van der Waals surface area contributed by atoms with Crippen molar-refractivity contribution in [3.63, 3.8) is 0 Å². The number of hydrogen-bond acceptors (Lipinski definition) is 3. The van der Waals surface area contributed by atoms with Crippen LogP contribution in [-0.2, 0) is 0 Å². The topological polar surface area (TPSA) is 31.4 Å². The van der Waals surface area contributed by atoms with E-state index in [0.29, 0.717) is 13.2 Å². The second kappa shape index (κ2) is 7.22. The summed E-state index contributed by atoms with van der Waals surface area (Å²) < 4.78 is 12.8. The number of aromatic nitrogens is 1. The molecule has 0 aliphatic carbocycles. The predicted octanol–water partition coefficient (Wildman–Crippen LogP) is 5.38. The molecule has 0 aliphatic rings. The highest BCUT2D eigenvalue weighted by Gasteiger charge is 2.07. The van der Waals surface area contributed by atoms with Crippen molar-refractivity contribution >= 4 is 26.8 Å². The van der Waals surface area contributed by atoms with E-state index in [1.807, 2.05) is 38.1 Å². The number of aryl methyl sites for hydroxylation is 3. The lowest BCUT2D eigenvalue weighted by atomic mass is 10.1. The first-order valence-corrected chi connectivity index (χ1v) is 8.72. The van der Waals surface area contributed by atoms with Crippen LogP contribution in [0.5, 0.6) is 11.5 Å². The summed E-state index contributed by atoms with van der Waals surface area (Å²) in [6, 6.07) is 14.2. The van der Waals surface area contributed by atoms with Crippen molar-refractivity contribution in [2.45, 2.75) is 20.8 Å². The molecular weight excluding hydrogens is 366 g/mol. The zero-order valence-electron chi connectivity index (χ0n) is 14.1. The van der Waals surface area contributed by atoms with Crippen molar-refractivity contribution in [2.24, 2.45) is 0 Å². The molecular formula is C20H20BrNO2. The first kappa shape index (κ1) is 16.8. The Morgan fingerprint density at radius 1 is 0.958 bits per heavy atom.